The van der Waals surface area contributed by atoms with Crippen LogP contribution in [0.1, 0.15) is 18.4 Å². The van der Waals surface area contributed by atoms with E-state index in [-0.39, 0.29) is 6.10 Å². The van der Waals surface area contributed by atoms with Gasteiger partial charge in [0, 0.05) is 20.2 Å². The van der Waals surface area contributed by atoms with Crippen molar-refractivity contribution < 1.29 is 9.47 Å². The van der Waals surface area contributed by atoms with Crippen molar-refractivity contribution in [1.29, 1.82) is 0 Å². The number of hydrogen-bond donors (Lipinski definition) is 1. The number of aryl methyl sites for hydroxylation is 1. The first-order valence-electron chi connectivity index (χ1n) is 8.49. The molecule has 2 aromatic heterocycles. The number of hydrogen-bond acceptors (Lipinski definition) is 6. The smallest absolute Gasteiger partial charge is 0.163 e. The number of ether oxygens (including phenoxy) is 2. The van der Waals surface area contributed by atoms with Crippen molar-refractivity contribution in [1.82, 2.24) is 19.7 Å². The van der Waals surface area contributed by atoms with Crippen molar-refractivity contribution >= 4 is 16.9 Å². The van der Waals surface area contributed by atoms with Gasteiger partial charge in [0.15, 0.2) is 5.65 Å². The van der Waals surface area contributed by atoms with Gasteiger partial charge in [-0.25, -0.2) is 9.97 Å². The van der Waals surface area contributed by atoms with Crippen molar-refractivity contribution in [3.63, 3.8) is 0 Å². The van der Waals surface area contributed by atoms with Crippen molar-refractivity contribution in [2.45, 2.75) is 25.5 Å². The van der Waals surface area contributed by atoms with Crippen LogP contribution in [0.3, 0.4) is 0 Å². The Hall–Kier alpha value is -2.67. The van der Waals surface area contributed by atoms with Crippen LogP contribution >= 0.6 is 0 Å². The van der Waals surface area contributed by atoms with Gasteiger partial charge in [0.25, 0.3) is 0 Å². The molecule has 7 nitrogen and oxygen atoms in total. The minimum absolute atomic E-state index is 0.237. The largest absolute Gasteiger partial charge is 0.491 e. The molecule has 0 unspecified atom stereocenters. The molecule has 0 spiro atoms. The maximum atomic E-state index is 5.79. The Morgan fingerprint density at radius 2 is 2.16 bits per heavy atom. The third kappa shape index (κ3) is 3.56. The second-order valence-electron chi connectivity index (χ2n) is 6.17. The summed E-state index contributed by atoms with van der Waals surface area (Å²) in [6, 6.07) is 8.09. The van der Waals surface area contributed by atoms with Crippen LogP contribution in [-0.2, 0) is 18.3 Å². The topological polar surface area (TPSA) is 74.1 Å². The zero-order valence-corrected chi connectivity index (χ0v) is 14.2. The molecule has 3 aromatic rings. The molecule has 7 heteroatoms. The molecular weight excluding hydrogens is 318 g/mol. The van der Waals surface area contributed by atoms with E-state index < -0.39 is 0 Å². The first-order valence-corrected chi connectivity index (χ1v) is 8.49. The molecule has 1 N–H and O–H groups in total. The lowest BCUT2D eigenvalue weighted by molar-refractivity contribution is 0.0679. The summed E-state index contributed by atoms with van der Waals surface area (Å²) in [7, 11) is 1.87. The molecule has 3 heterocycles. The lowest BCUT2D eigenvalue weighted by atomic mass is 10.2. The Labute approximate surface area is 146 Å². The van der Waals surface area contributed by atoms with Crippen LogP contribution in [0, 0.1) is 0 Å². The molecule has 1 fully saturated rings. The first kappa shape index (κ1) is 15.8. The summed E-state index contributed by atoms with van der Waals surface area (Å²) in [5.74, 6) is 1.66. The Kier molecular flexibility index (Phi) is 4.47. The van der Waals surface area contributed by atoms with Gasteiger partial charge in [-0.15, -0.1) is 0 Å². The Morgan fingerprint density at radius 3 is 2.96 bits per heavy atom. The van der Waals surface area contributed by atoms with Crippen molar-refractivity contribution in [3.05, 3.63) is 42.4 Å². The lowest BCUT2D eigenvalue weighted by Crippen LogP contribution is -2.16. The van der Waals surface area contributed by atoms with Crippen LogP contribution in [0.25, 0.3) is 11.0 Å². The fourth-order valence-corrected chi connectivity index (χ4v) is 2.96. The summed E-state index contributed by atoms with van der Waals surface area (Å²) < 4.78 is 13.1. The second-order valence-corrected chi connectivity index (χ2v) is 6.17. The summed E-state index contributed by atoms with van der Waals surface area (Å²) in [6.45, 7) is 2.15. The van der Waals surface area contributed by atoms with E-state index in [0.717, 1.165) is 47.6 Å². The Bertz CT molecular complexity index is 840. The van der Waals surface area contributed by atoms with Crippen molar-refractivity contribution in [3.8, 4) is 5.75 Å². The lowest BCUT2D eigenvalue weighted by Gasteiger charge is -2.12. The molecule has 1 aromatic carbocycles. The van der Waals surface area contributed by atoms with E-state index >= 15 is 0 Å². The van der Waals surface area contributed by atoms with Crippen LogP contribution in [0.15, 0.2) is 36.8 Å². The van der Waals surface area contributed by atoms with E-state index in [1.54, 1.807) is 17.2 Å². The van der Waals surface area contributed by atoms with E-state index in [1.165, 1.54) is 0 Å². The van der Waals surface area contributed by atoms with Gasteiger partial charge in [-0.3, -0.25) is 4.68 Å². The predicted octanol–water partition coefficient (Wildman–Crippen LogP) is 2.53. The molecular formula is C18H21N5O2. The number of anilines is 1. The molecule has 0 aliphatic carbocycles. The van der Waals surface area contributed by atoms with Gasteiger partial charge >= 0.3 is 0 Å². The van der Waals surface area contributed by atoms with E-state index in [4.69, 9.17) is 9.47 Å². The van der Waals surface area contributed by atoms with E-state index in [0.29, 0.717) is 13.2 Å². The fraction of sp³-hybridized carbons (Fsp3) is 0.389. The van der Waals surface area contributed by atoms with Gasteiger partial charge in [-0.2, -0.15) is 5.10 Å². The maximum Gasteiger partial charge on any atom is 0.163 e. The minimum Gasteiger partial charge on any atom is -0.491 e. The highest BCUT2D eigenvalue weighted by Gasteiger charge is 2.15. The van der Waals surface area contributed by atoms with Crippen molar-refractivity contribution in [2.75, 3.05) is 18.5 Å². The molecule has 25 heavy (non-hydrogen) atoms. The first-order chi connectivity index (χ1) is 12.3. The van der Waals surface area contributed by atoms with Crippen LogP contribution in [0.2, 0.25) is 0 Å². The molecule has 1 saturated heterocycles. The van der Waals surface area contributed by atoms with Crippen molar-refractivity contribution in [2.24, 2.45) is 7.05 Å². The molecule has 1 aliphatic heterocycles. The third-order valence-corrected chi connectivity index (χ3v) is 4.37. The number of fused-ring (bicyclic) bond motifs is 1. The normalized spacial score (nSPS) is 17.1. The van der Waals surface area contributed by atoms with Gasteiger partial charge in [-0.05, 0) is 30.5 Å². The number of nitrogens with zero attached hydrogens (tertiary/aromatic N) is 4. The quantitative estimate of drug-likeness (QED) is 0.744. The van der Waals surface area contributed by atoms with E-state index in [1.807, 2.05) is 19.2 Å². The number of aromatic nitrogens is 4. The van der Waals surface area contributed by atoms with Gasteiger partial charge < -0.3 is 14.8 Å². The van der Waals surface area contributed by atoms with Crippen LogP contribution < -0.4 is 10.1 Å². The Balaban J connectivity index is 1.36. The molecule has 130 valence electrons. The minimum atomic E-state index is 0.237. The highest BCUT2D eigenvalue weighted by molar-refractivity contribution is 5.85. The summed E-state index contributed by atoms with van der Waals surface area (Å²) in [4.78, 5) is 8.56. The van der Waals surface area contributed by atoms with Gasteiger partial charge in [0.05, 0.1) is 17.7 Å². The monoisotopic (exact) mass is 339 g/mol. The molecule has 0 radical (unpaired) electrons. The van der Waals surface area contributed by atoms with Gasteiger partial charge in [0.2, 0.25) is 0 Å². The highest BCUT2D eigenvalue weighted by Crippen LogP contribution is 2.20. The Morgan fingerprint density at radius 1 is 1.28 bits per heavy atom. The fourth-order valence-electron chi connectivity index (χ4n) is 2.96. The molecule has 0 saturated carbocycles. The van der Waals surface area contributed by atoms with E-state index in [2.05, 4.69) is 32.5 Å². The molecule has 0 amide bonds. The molecule has 1 aliphatic rings. The average molecular weight is 339 g/mol. The highest BCUT2D eigenvalue weighted by atomic mass is 16.5. The van der Waals surface area contributed by atoms with E-state index in [9.17, 15) is 0 Å². The molecule has 4 rings (SSSR count). The second kappa shape index (κ2) is 7.06. The zero-order chi connectivity index (χ0) is 17.1. The number of nitrogens with one attached hydrogen (secondary N) is 1. The van der Waals surface area contributed by atoms with Gasteiger partial charge in [-0.1, -0.05) is 12.1 Å². The maximum absolute atomic E-state index is 5.79. The summed E-state index contributed by atoms with van der Waals surface area (Å²) in [5.41, 5.74) is 1.97. The number of rotatable bonds is 6. The van der Waals surface area contributed by atoms with Crippen LogP contribution in [0.4, 0.5) is 5.82 Å². The summed E-state index contributed by atoms with van der Waals surface area (Å²) >= 11 is 0. The SMILES string of the molecule is Cn1ncc2c(NCc3ccc(OC[C@@H]4CCCO4)cc3)ncnc21. The molecule has 1 atom stereocenters. The molecule has 0 bridgehead atoms. The summed E-state index contributed by atoms with van der Waals surface area (Å²) in [5, 5.41) is 8.49. The number of benzene rings is 1. The summed E-state index contributed by atoms with van der Waals surface area (Å²) in [6.07, 6.45) is 5.78. The standard InChI is InChI=1S/C18H21N5O2/c1-23-18-16(10-22-23)17(20-12-21-18)19-9-13-4-6-14(7-5-13)25-11-15-3-2-8-24-15/h4-7,10,12,15H,2-3,8-9,11H2,1H3,(H,19,20,21)/t15-/m0/s1. The van der Waals surface area contributed by atoms with Crippen LogP contribution in [-0.4, -0.2) is 39.1 Å². The predicted molar refractivity (Wildman–Crippen MR) is 94.5 cm³/mol. The third-order valence-electron chi connectivity index (χ3n) is 4.37. The zero-order valence-electron chi connectivity index (χ0n) is 14.2. The van der Waals surface area contributed by atoms with Gasteiger partial charge in [0.1, 0.15) is 24.5 Å². The average Bonchev–Trinajstić information content (AvgIpc) is 3.30. The van der Waals surface area contributed by atoms with Crippen LogP contribution in [0.5, 0.6) is 5.75 Å².